The van der Waals surface area contributed by atoms with E-state index in [0.29, 0.717) is 17.7 Å². The molecule has 0 saturated carbocycles. The number of halogens is 1. The molecule has 0 aliphatic heterocycles. The standard InChI is InChI=1S/C18H18IN3O3/c1-11(23)21-14-8-6-12(7-9-14)18(25)22-16(17(20)24)10-13-4-2-3-5-15(13)19/h2-9,16H,10H2,1H3,(H2,20,24)(H,21,23)(H,22,25)/t16-/m1/s1. The van der Waals surface area contributed by atoms with Crippen molar-refractivity contribution in [2.24, 2.45) is 5.73 Å². The van der Waals surface area contributed by atoms with Crippen molar-refractivity contribution in [3.63, 3.8) is 0 Å². The molecule has 0 aliphatic rings. The molecule has 0 heterocycles. The normalized spacial score (nSPS) is 11.4. The number of anilines is 1. The lowest BCUT2D eigenvalue weighted by atomic mass is 10.0. The average Bonchev–Trinajstić information content (AvgIpc) is 2.56. The van der Waals surface area contributed by atoms with E-state index in [4.69, 9.17) is 5.73 Å². The number of nitrogens with one attached hydrogen (secondary N) is 2. The van der Waals surface area contributed by atoms with Gasteiger partial charge >= 0.3 is 0 Å². The van der Waals surface area contributed by atoms with Crippen LogP contribution >= 0.6 is 22.6 Å². The summed E-state index contributed by atoms with van der Waals surface area (Å²) >= 11 is 2.18. The van der Waals surface area contributed by atoms with E-state index in [0.717, 1.165) is 9.13 Å². The second kappa shape index (κ2) is 8.61. The SMILES string of the molecule is CC(=O)Nc1ccc(C(=O)N[C@H](Cc2ccccc2I)C(N)=O)cc1. The number of primary amides is 1. The highest BCUT2D eigenvalue weighted by Gasteiger charge is 2.20. The van der Waals surface area contributed by atoms with Gasteiger partial charge in [0.1, 0.15) is 6.04 Å². The molecule has 0 radical (unpaired) electrons. The van der Waals surface area contributed by atoms with Gasteiger partial charge in [0.05, 0.1) is 0 Å². The lowest BCUT2D eigenvalue weighted by molar-refractivity contribution is -0.119. The topological polar surface area (TPSA) is 101 Å². The molecule has 1 atom stereocenters. The average molecular weight is 451 g/mol. The molecule has 0 unspecified atom stereocenters. The number of benzene rings is 2. The number of amides is 3. The van der Waals surface area contributed by atoms with Gasteiger partial charge in [-0.1, -0.05) is 18.2 Å². The zero-order valence-corrected chi connectivity index (χ0v) is 15.7. The Hall–Kier alpha value is -2.42. The summed E-state index contributed by atoms with van der Waals surface area (Å²) in [5, 5.41) is 5.29. The summed E-state index contributed by atoms with van der Waals surface area (Å²) in [5.74, 6) is -1.18. The molecular weight excluding hydrogens is 433 g/mol. The third-order valence-electron chi connectivity index (χ3n) is 3.50. The highest BCUT2D eigenvalue weighted by atomic mass is 127. The summed E-state index contributed by atoms with van der Waals surface area (Å²) in [5.41, 5.74) is 7.34. The maximum Gasteiger partial charge on any atom is 0.251 e. The van der Waals surface area contributed by atoms with Crippen LogP contribution in [0.1, 0.15) is 22.8 Å². The van der Waals surface area contributed by atoms with E-state index in [1.807, 2.05) is 24.3 Å². The summed E-state index contributed by atoms with van der Waals surface area (Å²) in [6.45, 7) is 1.41. The third-order valence-corrected chi connectivity index (χ3v) is 4.55. The first-order valence-electron chi connectivity index (χ1n) is 7.58. The number of hydrogen-bond acceptors (Lipinski definition) is 3. The Bertz CT molecular complexity index is 790. The fourth-order valence-corrected chi connectivity index (χ4v) is 2.86. The smallest absolute Gasteiger partial charge is 0.251 e. The van der Waals surface area contributed by atoms with Crippen LogP contribution in [0.5, 0.6) is 0 Å². The van der Waals surface area contributed by atoms with Crippen molar-refractivity contribution in [1.82, 2.24) is 5.32 Å². The molecule has 0 fully saturated rings. The van der Waals surface area contributed by atoms with Crippen LogP contribution in [0.25, 0.3) is 0 Å². The Kier molecular flexibility index (Phi) is 6.51. The van der Waals surface area contributed by atoms with Crippen LogP contribution < -0.4 is 16.4 Å². The fourth-order valence-electron chi connectivity index (χ4n) is 2.26. The van der Waals surface area contributed by atoms with Gasteiger partial charge in [-0.25, -0.2) is 0 Å². The van der Waals surface area contributed by atoms with Gasteiger partial charge in [-0.3, -0.25) is 14.4 Å². The van der Waals surface area contributed by atoms with Crippen LogP contribution in [-0.4, -0.2) is 23.8 Å². The van der Waals surface area contributed by atoms with Crippen molar-refractivity contribution in [1.29, 1.82) is 0 Å². The zero-order chi connectivity index (χ0) is 18.4. The number of carbonyl (C=O) groups is 3. The minimum absolute atomic E-state index is 0.191. The predicted octanol–water partition coefficient (Wildman–Crippen LogP) is 2.08. The monoisotopic (exact) mass is 451 g/mol. The molecule has 2 rings (SSSR count). The molecule has 7 heteroatoms. The van der Waals surface area contributed by atoms with Gasteiger partial charge in [0.25, 0.3) is 5.91 Å². The van der Waals surface area contributed by atoms with E-state index >= 15 is 0 Å². The van der Waals surface area contributed by atoms with E-state index in [9.17, 15) is 14.4 Å². The van der Waals surface area contributed by atoms with E-state index in [1.165, 1.54) is 6.92 Å². The Morgan fingerprint density at radius 3 is 2.28 bits per heavy atom. The minimum atomic E-state index is -0.807. The van der Waals surface area contributed by atoms with E-state index < -0.39 is 17.9 Å². The largest absolute Gasteiger partial charge is 0.368 e. The van der Waals surface area contributed by atoms with Crippen LogP contribution in [0.2, 0.25) is 0 Å². The van der Waals surface area contributed by atoms with Gasteiger partial charge in [0, 0.05) is 28.2 Å². The first-order chi connectivity index (χ1) is 11.9. The summed E-state index contributed by atoms with van der Waals surface area (Å²) in [4.78, 5) is 35.1. The summed E-state index contributed by atoms with van der Waals surface area (Å²) in [6.07, 6.45) is 0.324. The molecule has 4 N–H and O–H groups in total. The number of nitrogens with two attached hydrogens (primary N) is 1. The second-order valence-electron chi connectivity index (χ2n) is 5.48. The van der Waals surface area contributed by atoms with Crippen molar-refractivity contribution in [2.75, 3.05) is 5.32 Å². The summed E-state index contributed by atoms with van der Waals surface area (Å²) in [7, 11) is 0. The van der Waals surface area contributed by atoms with Crippen LogP contribution in [0.15, 0.2) is 48.5 Å². The lowest BCUT2D eigenvalue weighted by Crippen LogP contribution is -2.46. The van der Waals surface area contributed by atoms with Gasteiger partial charge < -0.3 is 16.4 Å². The molecule has 0 aliphatic carbocycles. The Morgan fingerprint density at radius 2 is 1.72 bits per heavy atom. The van der Waals surface area contributed by atoms with Crippen LogP contribution in [0.3, 0.4) is 0 Å². The first-order valence-corrected chi connectivity index (χ1v) is 8.66. The van der Waals surface area contributed by atoms with Gasteiger partial charge in [-0.2, -0.15) is 0 Å². The number of rotatable bonds is 6. The molecule has 0 bridgehead atoms. The van der Waals surface area contributed by atoms with E-state index in [-0.39, 0.29) is 5.91 Å². The molecule has 3 amide bonds. The van der Waals surface area contributed by atoms with Crippen LogP contribution in [0, 0.1) is 3.57 Å². The van der Waals surface area contributed by atoms with Crippen molar-refractivity contribution in [2.45, 2.75) is 19.4 Å². The highest BCUT2D eigenvalue weighted by molar-refractivity contribution is 14.1. The van der Waals surface area contributed by atoms with E-state index in [1.54, 1.807) is 24.3 Å². The maximum atomic E-state index is 12.4. The fraction of sp³-hybridized carbons (Fsp3) is 0.167. The van der Waals surface area contributed by atoms with Gasteiger partial charge in [-0.05, 0) is 58.5 Å². The molecule has 25 heavy (non-hydrogen) atoms. The Balaban J connectivity index is 2.08. The number of carbonyl (C=O) groups excluding carboxylic acids is 3. The second-order valence-corrected chi connectivity index (χ2v) is 6.64. The van der Waals surface area contributed by atoms with Crippen molar-refractivity contribution in [3.05, 3.63) is 63.2 Å². The maximum absolute atomic E-state index is 12.4. The van der Waals surface area contributed by atoms with Gasteiger partial charge in [0.15, 0.2) is 0 Å². The van der Waals surface area contributed by atoms with Crippen LogP contribution in [0.4, 0.5) is 5.69 Å². The van der Waals surface area contributed by atoms with Gasteiger partial charge in [-0.15, -0.1) is 0 Å². The third kappa shape index (κ3) is 5.56. The quantitative estimate of drug-likeness (QED) is 0.587. The van der Waals surface area contributed by atoms with Crippen molar-refractivity contribution >= 4 is 46.0 Å². The highest BCUT2D eigenvalue weighted by Crippen LogP contribution is 2.14. The molecule has 0 aromatic heterocycles. The zero-order valence-electron chi connectivity index (χ0n) is 13.6. The molecule has 2 aromatic rings. The molecule has 130 valence electrons. The Morgan fingerprint density at radius 1 is 1.08 bits per heavy atom. The molecule has 6 nitrogen and oxygen atoms in total. The molecule has 0 saturated heterocycles. The predicted molar refractivity (Wildman–Crippen MR) is 104 cm³/mol. The minimum Gasteiger partial charge on any atom is -0.368 e. The number of hydrogen-bond donors (Lipinski definition) is 3. The first kappa shape index (κ1) is 18.9. The molecule has 2 aromatic carbocycles. The lowest BCUT2D eigenvalue weighted by Gasteiger charge is -2.16. The Labute approximate surface area is 159 Å². The molecule has 0 spiro atoms. The van der Waals surface area contributed by atoms with Crippen LogP contribution in [-0.2, 0) is 16.0 Å². The van der Waals surface area contributed by atoms with Crippen molar-refractivity contribution in [3.8, 4) is 0 Å². The summed E-state index contributed by atoms with van der Waals surface area (Å²) in [6, 6.07) is 13.2. The van der Waals surface area contributed by atoms with Crippen molar-refractivity contribution < 1.29 is 14.4 Å². The molecular formula is C18H18IN3O3. The summed E-state index contributed by atoms with van der Waals surface area (Å²) < 4.78 is 1.00. The van der Waals surface area contributed by atoms with Gasteiger partial charge in [0.2, 0.25) is 11.8 Å². The van der Waals surface area contributed by atoms with E-state index in [2.05, 4.69) is 33.2 Å².